The minimum absolute atomic E-state index is 0.0700. The molecule has 0 amide bonds. The zero-order chi connectivity index (χ0) is 23.0. The highest BCUT2D eigenvalue weighted by molar-refractivity contribution is 7.91. The first-order valence-electron chi connectivity index (χ1n) is 10.6. The van der Waals surface area contributed by atoms with Gasteiger partial charge < -0.3 is 14.8 Å². The minimum Gasteiger partial charge on any atom is -0.493 e. The fourth-order valence-corrected chi connectivity index (χ4v) is 4.25. The summed E-state index contributed by atoms with van der Waals surface area (Å²) >= 11 is 0. The van der Waals surface area contributed by atoms with Crippen LogP contribution in [0.4, 0.5) is 0 Å². The standard InChI is InChI=1S/C12H17NO4S.C6H6.C4H10.C2H6/c1-8-7-18(14,15)12-5-11(17-3)10(16-2)4-9(12)6-13-8;1-2-4-6-5-3-1;1-3-4-2;1-2/h4-5,8,13H,6-7H2,1-3H3;1-6H;3-4H2,1-2H3;1-2H3. The van der Waals surface area contributed by atoms with Crippen molar-refractivity contribution in [2.75, 3.05) is 20.0 Å². The van der Waals surface area contributed by atoms with Crippen LogP contribution in [0.25, 0.3) is 0 Å². The molecule has 1 aliphatic rings. The number of sulfone groups is 1. The van der Waals surface area contributed by atoms with Crippen molar-refractivity contribution in [1.82, 2.24) is 5.32 Å². The Morgan fingerprint density at radius 1 is 0.900 bits per heavy atom. The summed E-state index contributed by atoms with van der Waals surface area (Å²) < 4.78 is 34.8. The highest BCUT2D eigenvalue weighted by Gasteiger charge is 2.27. The van der Waals surface area contributed by atoms with Crippen molar-refractivity contribution in [3.63, 3.8) is 0 Å². The zero-order valence-electron chi connectivity index (χ0n) is 19.6. The smallest absolute Gasteiger partial charge is 0.180 e. The van der Waals surface area contributed by atoms with Crippen LogP contribution in [0.1, 0.15) is 53.0 Å². The first-order valence-corrected chi connectivity index (χ1v) is 12.3. The van der Waals surface area contributed by atoms with Gasteiger partial charge in [0, 0.05) is 18.7 Å². The van der Waals surface area contributed by atoms with Crippen molar-refractivity contribution in [1.29, 1.82) is 0 Å². The van der Waals surface area contributed by atoms with E-state index in [4.69, 9.17) is 9.47 Å². The highest BCUT2D eigenvalue weighted by Crippen LogP contribution is 2.34. The fourth-order valence-electron chi connectivity index (χ4n) is 2.48. The number of rotatable bonds is 3. The molecule has 0 bridgehead atoms. The normalized spacial score (nSPS) is 15.9. The highest BCUT2D eigenvalue weighted by atomic mass is 32.2. The molecule has 1 aliphatic heterocycles. The summed E-state index contributed by atoms with van der Waals surface area (Å²) in [5.74, 6) is 1.08. The molecule has 1 atom stereocenters. The maximum atomic E-state index is 12.2. The van der Waals surface area contributed by atoms with Gasteiger partial charge in [-0.1, -0.05) is 76.9 Å². The Labute approximate surface area is 183 Å². The predicted octanol–water partition coefficient (Wildman–Crippen LogP) is 5.49. The third kappa shape index (κ3) is 9.63. The number of unbranched alkanes of at least 4 members (excludes halogenated alkanes) is 1. The van der Waals surface area contributed by atoms with Crippen LogP contribution in [0.5, 0.6) is 11.5 Å². The van der Waals surface area contributed by atoms with Gasteiger partial charge in [-0.05, 0) is 18.6 Å². The molecule has 0 fully saturated rings. The molecule has 6 heteroatoms. The SMILES string of the molecule is CC.CCCC.COc1cc2c(cc1OC)S(=O)(=O)CC(C)NC2.c1ccccc1. The third-order valence-electron chi connectivity index (χ3n) is 4.18. The molecule has 3 rings (SSSR count). The minimum atomic E-state index is -3.28. The number of ether oxygens (including phenoxy) is 2. The van der Waals surface area contributed by atoms with Crippen molar-refractivity contribution < 1.29 is 17.9 Å². The molecule has 2 aromatic rings. The summed E-state index contributed by atoms with van der Waals surface area (Å²) in [6, 6.07) is 15.2. The van der Waals surface area contributed by atoms with Crippen LogP contribution in [0.3, 0.4) is 0 Å². The van der Waals surface area contributed by atoms with Crippen LogP contribution >= 0.6 is 0 Å². The van der Waals surface area contributed by atoms with E-state index in [0.29, 0.717) is 22.9 Å². The van der Waals surface area contributed by atoms with Gasteiger partial charge in [-0.15, -0.1) is 0 Å². The van der Waals surface area contributed by atoms with Gasteiger partial charge >= 0.3 is 0 Å². The molecule has 0 spiro atoms. The lowest BCUT2D eigenvalue weighted by Gasteiger charge is -2.12. The number of methoxy groups -OCH3 is 2. The van der Waals surface area contributed by atoms with E-state index in [1.54, 1.807) is 12.1 Å². The molecule has 170 valence electrons. The van der Waals surface area contributed by atoms with Crippen LogP contribution in [0, 0.1) is 0 Å². The number of nitrogens with one attached hydrogen (secondary N) is 1. The molecule has 5 nitrogen and oxygen atoms in total. The summed E-state index contributed by atoms with van der Waals surface area (Å²) in [5, 5.41) is 3.17. The van der Waals surface area contributed by atoms with E-state index in [2.05, 4.69) is 19.2 Å². The first-order chi connectivity index (χ1) is 14.4. The second-order valence-electron chi connectivity index (χ2n) is 6.53. The predicted molar refractivity (Wildman–Crippen MR) is 126 cm³/mol. The fraction of sp³-hybridized carbons (Fsp3) is 0.500. The summed E-state index contributed by atoms with van der Waals surface area (Å²) in [5.41, 5.74) is 0.719. The molecule has 30 heavy (non-hydrogen) atoms. The van der Waals surface area contributed by atoms with Gasteiger partial charge in [-0.2, -0.15) is 0 Å². The average molecular weight is 438 g/mol. The quantitative estimate of drug-likeness (QED) is 0.688. The van der Waals surface area contributed by atoms with Crippen molar-refractivity contribution in [2.24, 2.45) is 0 Å². The Balaban J connectivity index is 0.000000575. The van der Waals surface area contributed by atoms with E-state index >= 15 is 0 Å². The molecule has 1 unspecified atom stereocenters. The molecule has 0 radical (unpaired) electrons. The van der Waals surface area contributed by atoms with Gasteiger partial charge in [0.15, 0.2) is 21.3 Å². The molecule has 0 aromatic heterocycles. The van der Waals surface area contributed by atoms with Crippen molar-refractivity contribution in [2.45, 2.75) is 64.9 Å². The van der Waals surface area contributed by atoms with E-state index in [9.17, 15) is 8.42 Å². The topological polar surface area (TPSA) is 64.6 Å². The summed E-state index contributed by atoms with van der Waals surface area (Å²) in [7, 11) is -0.256. The molecular formula is C24H39NO4S. The molecule has 1 N–H and O–H groups in total. The van der Waals surface area contributed by atoms with Crippen LogP contribution in [0.15, 0.2) is 53.4 Å². The summed E-state index contributed by atoms with van der Waals surface area (Å²) in [4.78, 5) is 0.331. The molecule has 0 saturated heterocycles. The van der Waals surface area contributed by atoms with Crippen molar-refractivity contribution in [3.05, 3.63) is 54.1 Å². The lowest BCUT2D eigenvalue weighted by atomic mass is 10.2. The van der Waals surface area contributed by atoms with Crippen LogP contribution in [0.2, 0.25) is 0 Å². The first kappa shape index (κ1) is 27.9. The second kappa shape index (κ2) is 15.7. The molecule has 2 aromatic carbocycles. The van der Waals surface area contributed by atoms with E-state index in [0.717, 1.165) is 5.56 Å². The Morgan fingerprint density at radius 2 is 1.33 bits per heavy atom. The summed E-state index contributed by atoms with van der Waals surface area (Å²) in [6.45, 7) is 10.7. The molecule has 1 heterocycles. The average Bonchev–Trinajstić information content (AvgIpc) is 2.90. The van der Waals surface area contributed by atoms with Crippen molar-refractivity contribution in [3.8, 4) is 11.5 Å². The maximum absolute atomic E-state index is 12.2. The van der Waals surface area contributed by atoms with Crippen LogP contribution < -0.4 is 14.8 Å². The van der Waals surface area contributed by atoms with Gasteiger partial charge in [-0.25, -0.2) is 8.42 Å². The van der Waals surface area contributed by atoms with Crippen LogP contribution in [-0.4, -0.2) is 34.4 Å². The van der Waals surface area contributed by atoms with E-state index in [-0.39, 0.29) is 11.8 Å². The Hall–Kier alpha value is -2.05. The van der Waals surface area contributed by atoms with E-state index in [1.807, 2.05) is 57.2 Å². The number of fused-ring (bicyclic) bond motifs is 1. The number of benzene rings is 2. The third-order valence-corrected chi connectivity index (χ3v) is 6.17. The Bertz CT molecular complexity index is 764. The van der Waals surface area contributed by atoms with Gasteiger partial charge in [0.2, 0.25) is 0 Å². The van der Waals surface area contributed by atoms with E-state index < -0.39 is 9.84 Å². The second-order valence-corrected chi connectivity index (χ2v) is 8.54. The number of hydrogen-bond acceptors (Lipinski definition) is 5. The van der Waals surface area contributed by atoms with E-state index in [1.165, 1.54) is 27.1 Å². The Kier molecular flexibility index (Phi) is 14.7. The lowest BCUT2D eigenvalue weighted by Crippen LogP contribution is -2.29. The number of hydrogen-bond donors (Lipinski definition) is 1. The monoisotopic (exact) mass is 437 g/mol. The lowest BCUT2D eigenvalue weighted by molar-refractivity contribution is 0.353. The van der Waals surface area contributed by atoms with Crippen LogP contribution in [-0.2, 0) is 16.4 Å². The van der Waals surface area contributed by atoms with Gasteiger partial charge in [0.25, 0.3) is 0 Å². The molecular weight excluding hydrogens is 398 g/mol. The van der Waals surface area contributed by atoms with Gasteiger partial charge in [0.05, 0.1) is 24.9 Å². The molecule has 0 aliphatic carbocycles. The van der Waals surface area contributed by atoms with Crippen molar-refractivity contribution >= 4 is 9.84 Å². The Morgan fingerprint density at radius 3 is 1.73 bits per heavy atom. The van der Waals surface area contributed by atoms with Gasteiger partial charge in [0.1, 0.15) is 0 Å². The maximum Gasteiger partial charge on any atom is 0.180 e. The summed E-state index contributed by atoms with van der Waals surface area (Å²) in [6.07, 6.45) is 2.64. The largest absolute Gasteiger partial charge is 0.493 e. The van der Waals surface area contributed by atoms with Gasteiger partial charge in [-0.3, -0.25) is 0 Å². The zero-order valence-corrected chi connectivity index (χ0v) is 20.4. The molecule has 0 saturated carbocycles.